The zero-order valence-electron chi connectivity index (χ0n) is 17.3. The van der Waals surface area contributed by atoms with Crippen LogP contribution in [0.1, 0.15) is 0 Å². The molecule has 8 N–H and O–H groups in total. The maximum absolute atomic E-state index is 12.0. The van der Waals surface area contributed by atoms with Crippen molar-refractivity contribution < 1.29 is 85.4 Å². The lowest BCUT2D eigenvalue weighted by molar-refractivity contribution is -0.00834. The van der Waals surface area contributed by atoms with Gasteiger partial charge >= 0.3 is 30.8 Å². The molecule has 0 bridgehead atoms. The number of rotatable bonds is 12. The normalized spacial score (nSPS) is 40.5. The average Bonchev–Trinajstić information content (AvgIpc) is 3.06. The molecule has 0 aromatic heterocycles. The van der Waals surface area contributed by atoms with Gasteiger partial charge in [-0.1, -0.05) is 0 Å². The summed E-state index contributed by atoms with van der Waals surface area (Å²) in [5.74, 6) is -1.99. The Bertz CT molecular complexity index is 864. The van der Waals surface area contributed by atoms with E-state index >= 15 is 0 Å². The summed E-state index contributed by atoms with van der Waals surface area (Å²) in [6.45, 7) is -1.94. The van der Waals surface area contributed by atoms with Crippen LogP contribution in [0.15, 0.2) is 0 Å². The molecule has 2 saturated heterocycles. The number of phosphoric acid groups is 2. The van der Waals surface area contributed by atoms with E-state index in [1.165, 1.54) is 0 Å². The molecule has 0 aromatic carbocycles. The SMILES string of the molecule is [B][C@@H]1O[C@H](COP(=O)(O)OP(=O)(O)CP(=O)(O)OP(=O)(O)OC[C@H]2O[C@@H]([B])C(O)[C@H]2O)C(O)C1O. The topological polar surface area (TPSA) is 285 Å². The number of ether oxygens (including phenoxy) is 2. The van der Waals surface area contributed by atoms with Crippen LogP contribution in [0.25, 0.3) is 0 Å². The lowest BCUT2D eigenvalue weighted by atomic mass is 9.93. The maximum atomic E-state index is 12.0. The van der Waals surface area contributed by atoms with Crippen molar-refractivity contribution in [1.82, 2.24) is 0 Å². The minimum Gasteiger partial charge on any atom is -0.388 e. The summed E-state index contributed by atoms with van der Waals surface area (Å²) in [7, 11) is -11.4. The quantitative estimate of drug-likeness (QED) is 0.0824. The third kappa shape index (κ3) is 9.32. The Morgan fingerprint density at radius 3 is 1.20 bits per heavy atom. The van der Waals surface area contributed by atoms with Crippen molar-refractivity contribution in [2.24, 2.45) is 0 Å². The number of aliphatic hydroxyl groups excluding tert-OH is 4. The molecule has 0 aliphatic carbocycles. The molecular formula is C11H22B2O18P4. The van der Waals surface area contributed by atoms with Gasteiger partial charge in [0.05, 0.1) is 25.4 Å². The summed E-state index contributed by atoms with van der Waals surface area (Å²) >= 11 is 0. The van der Waals surface area contributed by atoms with Crippen molar-refractivity contribution in [2.75, 3.05) is 19.1 Å². The van der Waals surface area contributed by atoms with Gasteiger partial charge in [-0.05, 0) is 0 Å². The third-order valence-electron chi connectivity index (χ3n) is 4.42. The summed E-state index contributed by atoms with van der Waals surface area (Å²) in [4.78, 5) is 38.5. The molecule has 0 spiro atoms. The van der Waals surface area contributed by atoms with Gasteiger partial charge in [0.2, 0.25) is 0 Å². The van der Waals surface area contributed by atoms with Gasteiger partial charge in [-0.3, -0.25) is 18.2 Å². The van der Waals surface area contributed by atoms with Crippen molar-refractivity contribution in [3.8, 4) is 0 Å². The van der Waals surface area contributed by atoms with Crippen LogP contribution in [-0.2, 0) is 45.4 Å². The van der Waals surface area contributed by atoms with E-state index in [1.54, 1.807) is 0 Å². The van der Waals surface area contributed by atoms with E-state index in [1.807, 2.05) is 0 Å². The van der Waals surface area contributed by atoms with E-state index in [0.29, 0.717) is 0 Å². The monoisotopic (exact) mass is 588 g/mol. The fraction of sp³-hybridized carbons (Fsp3) is 1.00. The Labute approximate surface area is 200 Å². The second kappa shape index (κ2) is 11.7. The highest BCUT2D eigenvalue weighted by Gasteiger charge is 2.47. The number of aliphatic hydroxyl groups is 4. The van der Waals surface area contributed by atoms with E-state index in [4.69, 9.17) is 25.2 Å². The van der Waals surface area contributed by atoms with Gasteiger partial charge in [0, 0.05) is 12.0 Å². The van der Waals surface area contributed by atoms with Gasteiger partial charge < -0.3 is 49.5 Å². The van der Waals surface area contributed by atoms with Crippen molar-refractivity contribution in [3.63, 3.8) is 0 Å². The van der Waals surface area contributed by atoms with Crippen molar-refractivity contribution in [3.05, 3.63) is 0 Å². The van der Waals surface area contributed by atoms with Crippen LogP contribution in [0.5, 0.6) is 0 Å². The summed E-state index contributed by atoms with van der Waals surface area (Å²) in [6.07, 6.45) is -9.30. The number of hydrogen-bond acceptors (Lipinski definition) is 14. The molecule has 18 nitrogen and oxygen atoms in total. The molecule has 12 atom stereocenters. The molecule has 24 heteroatoms. The molecule has 2 aliphatic heterocycles. The molecular weight excluding hydrogens is 566 g/mol. The maximum Gasteiger partial charge on any atom is 0.479 e. The standard InChI is InChI=1S/C11H22B2O18P4/c12-10-8(16)6(14)4(28-10)1-26-34(22,23)30-32(18,19)3-33(20,21)31-35(24,25)27-2-5-7(15)9(17)11(13)29-5/h4-11,14-17H,1-3H2,(H,18,19)(H,20,21)(H,22,23)(H,24,25)/t4-,5-,6+,7?,8?,9?,10-,11-/m1/s1. The summed E-state index contributed by atoms with van der Waals surface area (Å²) in [5, 5.41) is 38.2. The fourth-order valence-electron chi connectivity index (χ4n) is 2.81. The van der Waals surface area contributed by atoms with Crippen LogP contribution in [-0.4, -0.2) is 123 Å². The first-order valence-corrected chi connectivity index (χ1v) is 15.8. The molecule has 7 unspecified atom stereocenters. The first-order chi connectivity index (χ1) is 15.7. The summed E-state index contributed by atoms with van der Waals surface area (Å²) < 4.78 is 74.2. The fourth-order valence-corrected chi connectivity index (χ4v) is 9.59. The van der Waals surface area contributed by atoms with E-state index in [-0.39, 0.29) is 0 Å². The highest BCUT2D eigenvalue weighted by atomic mass is 31.3. The van der Waals surface area contributed by atoms with Crippen LogP contribution < -0.4 is 0 Å². The molecule has 0 aromatic rings. The zero-order chi connectivity index (χ0) is 27.0. The molecule has 0 saturated carbocycles. The largest absolute Gasteiger partial charge is 0.479 e. The molecule has 4 radical (unpaired) electrons. The second-order valence-corrected chi connectivity index (χ2v) is 14.7. The average molecular weight is 588 g/mol. The van der Waals surface area contributed by atoms with Gasteiger partial charge in [0.15, 0.2) is 5.90 Å². The Hall–Kier alpha value is 0.490. The van der Waals surface area contributed by atoms with Gasteiger partial charge in [0.25, 0.3) is 0 Å². The van der Waals surface area contributed by atoms with Crippen LogP contribution >= 0.6 is 30.8 Å². The van der Waals surface area contributed by atoms with Gasteiger partial charge in [-0.15, -0.1) is 0 Å². The van der Waals surface area contributed by atoms with Crippen molar-refractivity contribution >= 4 is 46.5 Å². The molecule has 2 aliphatic rings. The predicted octanol–water partition coefficient (Wildman–Crippen LogP) is -3.19. The Morgan fingerprint density at radius 1 is 0.629 bits per heavy atom. The highest BCUT2D eigenvalue weighted by molar-refractivity contribution is 7.76. The van der Waals surface area contributed by atoms with Crippen LogP contribution in [0.2, 0.25) is 0 Å². The van der Waals surface area contributed by atoms with E-state index < -0.39 is 98.6 Å². The van der Waals surface area contributed by atoms with Gasteiger partial charge in [-0.25, -0.2) is 17.8 Å². The summed E-state index contributed by atoms with van der Waals surface area (Å²) in [5.41, 5.74) is 0. The third-order valence-corrected chi connectivity index (χ3v) is 11.9. The lowest BCUT2D eigenvalue weighted by Crippen LogP contribution is -2.34. The van der Waals surface area contributed by atoms with E-state index in [0.717, 1.165) is 0 Å². The minimum absolute atomic E-state index is 0.972. The van der Waals surface area contributed by atoms with Crippen molar-refractivity contribution in [2.45, 2.75) is 48.6 Å². The number of hydrogen-bond donors (Lipinski definition) is 8. The van der Waals surface area contributed by atoms with Crippen LogP contribution in [0, 0.1) is 0 Å². The van der Waals surface area contributed by atoms with Crippen LogP contribution in [0.3, 0.4) is 0 Å². The molecule has 2 rings (SSSR count). The molecule has 2 heterocycles. The zero-order valence-corrected chi connectivity index (χ0v) is 20.9. The highest BCUT2D eigenvalue weighted by Crippen LogP contribution is 2.70. The van der Waals surface area contributed by atoms with Gasteiger partial charge in [0.1, 0.15) is 40.1 Å². The molecule has 35 heavy (non-hydrogen) atoms. The first-order valence-electron chi connectivity index (χ1n) is 9.29. The lowest BCUT2D eigenvalue weighted by Gasteiger charge is -2.22. The summed E-state index contributed by atoms with van der Waals surface area (Å²) in [6, 6.07) is -2.72. The van der Waals surface area contributed by atoms with Gasteiger partial charge in [-0.2, -0.15) is 0 Å². The minimum atomic E-state index is -5.54. The van der Waals surface area contributed by atoms with Crippen LogP contribution in [0.4, 0.5) is 0 Å². The van der Waals surface area contributed by atoms with Crippen molar-refractivity contribution in [1.29, 1.82) is 0 Å². The molecule has 2 fully saturated rings. The van der Waals surface area contributed by atoms with E-state index in [2.05, 4.69) is 17.7 Å². The Kier molecular flexibility index (Phi) is 10.6. The molecule has 0 amide bonds. The van der Waals surface area contributed by atoms with E-state index in [9.17, 15) is 58.3 Å². The predicted molar refractivity (Wildman–Crippen MR) is 111 cm³/mol. The molecule has 200 valence electrons. The number of phosphoric ester groups is 2. The Morgan fingerprint density at radius 2 is 0.943 bits per heavy atom. The Balaban J connectivity index is 1.89. The smallest absolute Gasteiger partial charge is 0.388 e. The second-order valence-electron chi connectivity index (χ2n) is 7.35. The first kappa shape index (κ1) is 31.7.